The lowest BCUT2D eigenvalue weighted by molar-refractivity contribution is -0.612. The second-order valence-electron chi connectivity index (χ2n) is 5.84. The summed E-state index contributed by atoms with van der Waals surface area (Å²) in [6, 6.07) is 10.3. The molecule has 1 fully saturated rings. The zero-order valence-corrected chi connectivity index (χ0v) is 12.2. The average molecular weight is 286 g/mol. The van der Waals surface area contributed by atoms with Crippen molar-refractivity contribution in [2.24, 2.45) is 0 Å². The van der Waals surface area contributed by atoms with Gasteiger partial charge in [0, 0.05) is 23.9 Å². The van der Waals surface area contributed by atoms with Crippen LogP contribution in [0.15, 0.2) is 36.5 Å². The number of hydrogen-bond donors (Lipinski definition) is 1. The molecule has 3 rings (SSSR count). The van der Waals surface area contributed by atoms with Gasteiger partial charge in [-0.15, -0.1) is 0 Å². The van der Waals surface area contributed by atoms with Crippen molar-refractivity contribution in [2.45, 2.75) is 31.7 Å². The maximum Gasteiger partial charge on any atom is 0.193 e. The van der Waals surface area contributed by atoms with E-state index in [0.717, 1.165) is 53.5 Å². The Labute approximate surface area is 125 Å². The smallest absolute Gasteiger partial charge is 0.193 e. The van der Waals surface area contributed by atoms with Gasteiger partial charge in [-0.1, -0.05) is 18.2 Å². The Bertz CT molecular complexity index is 615. The van der Waals surface area contributed by atoms with Crippen molar-refractivity contribution < 1.29 is 9.84 Å². The van der Waals surface area contributed by atoms with Crippen LogP contribution in [0.3, 0.4) is 0 Å². The lowest BCUT2D eigenvalue weighted by Gasteiger charge is -2.22. The molecule has 1 aliphatic rings. The summed E-state index contributed by atoms with van der Waals surface area (Å²) >= 11 is 0. The molecule has 2 heterocycles. The van der Waals surface area contributed by atoms with Crippen LogP contribution in [0.25, 0.3) is 10.8 Å². The lowest BCUT2D eigenvalue weighted by Crippen LogP contribution is -2.35. The van der Waals surface area contributed by atoms with E-state index in [-0.39, 0.29) is 6.61 Å². The molecule has 0 spiro atoms. The number of benzene rings is 1. The van der Waals surface area contributed by atoms with E-state index in [1.165, 1.54) is 6.42 Å². The Balaban J connectivity index is 1.64. The van der Waals surface area contributed by atoms with Gasteiger partial charge in [0.05, 0.1) is 6.61 Å². The van der Waals surface area contributed by atoms with Gasteiger partial charge in [-0.2, -0.15) is 4.73 Å². The number of nitrogens with zero attached hydrogens (tertiary/aromatic N) is 2. The average Bonchev–Trinajstić information content (AvgIpc) is 2.95. The highest BCUT2D eigenvalue weighted by atomic mass is 16.5. The zero-order chi connectivity index (χ0) is 14.7. The summed E-state index contributed by atoms with van der Waals surface area (Å²) in [7, 11) is 0. The van der Waals surface area contributed by atoms with Crippen molar-refractivity contribution in [3.63, 3.8) is 0 Å². The molecule has 4 heteroatoms. The van der Waals surface area contributed by atoms with Gasteiger partial charge < -0.3 is 10.3 Å². The van der Waals surface area contributed by atoms with Crippen LogP contribution in [-0.2, 0) is 6.42 Å². The first kappa shape index (κ1) is 14.3. The Morgan fingerprint density at radius 1 is 1.29 bits per heavy atom. The second-order valence-corrected chi connectivity index (χ2v) is 5.84. The third-order valence-corrected chi connectivity index (χ3v) is 4.45. The fraction of sp³-hybridized carbons (Fsp3) is 0.471. The Hall–Kier alpha value is -1.65. The third kappa shape index (κ3) is 3.17. The SMILES string of the molecule is [O-][n+]1cc2ccccc2cc1CCCN1CCCC1CO. The summed E-state index contributed by atoms with van der Waals surface area (Å²) < 4.78 is 0.996. The molecule has 0 amide bonds. The van der Waals surface area contributed by atoms with Crippen LogP contribution >= 0.6 is 0 Å². The molecule has 1 atom stereocenters. The van der Waals surface area contributed by atoms with E-state index in [4.69, 9.17) is 0 Å². The highest BCUT2D eigenvalue weighted by Gasteiger charge is 2.23. The van der Waals surface area contributed by atoms with Crippen molar-refractivity contribution in [1.29, 1.82) is 0 Å². The highest BCUT2D eigenvalue weighted by molar-refractivity contribution is 5.80. The van der Waals surface area contributed by atoms with Crippen LogP contribution in [0.1, 0.15) is 25.0 Å². The molecule has 4 nitrogen and oxygen atoms in total. The van der Waals surface area contributed by atoms with Crippen LogP contribution in [-0.4, -0.2) is 35.7 Å². The predicted octanol–water partition coefficient (Wildman–Crippen LogP) is 1.86. The molecule has 0 bridgehead atoms. The normalized spacial score (nSPS) is 19.4. The fourth-order valence-electron chi connectivity index (χ4n) is 3.25. The standard InChI is InChI=1S/C17H22N2O2/c20-13-17-8-4-10-18(17)9-3-7-16-11-14-5-1-2-6-15(14)12-19(16)21/h1-2,5-6,11-12,17,20H,3-4,7-10,13H2. The molecule has 0 aliphatic carbocycles. The van der Waals surface area contributed by atoms with E-state index in [9.17, 15) is 10.3 Å². The number of fused-ring (bicyclic) bond motifs is 1. The summed E-state index contributed by atoms with van der Waals surface area (Å²) in [4.78, 5) is 2.34. The number of hydrogen-bond acceptors (Lipinski definition) is 3. The molecule has 1 N–H and O–H groups in total. The second kappa shape index (κ2) is 6.41. The summed E-state index contributed by atoms with van der Waals surface area (Å²) in [6.07, 6.45) is 5.66. The molecule has 2 aromatic rings. The van der Waals surface area contributed by atoms with Crippen LogP contribution in [0.5, 0.6) is 0 Å². The van der Waals surface area contributed by atoms with Gasteiger partial charge in [0.2, 0.25) is 0 Å². The quantitative estimate of drug-likeness (QED) is 0.674. The largest absolute Gasteiger partial charge is 0.618 e. The molecule has 0 radical (unpaired) electrons. The van der Waals surface area contributed by atoms with E-state index in [1.807, 2.05) is 30.3 Å². The van der Waals surface area contributed by atoms with Crippen molar-refractivity contribution in [3.8, 4) is 0 Å². The molecule has 0 saturated carbocycles. The van der Waals surface area contributed by atoms with Crippen molar-refractivity contribution in [2.75, 3.05) is 19.7 Å². The Kier molecular flexibility index (Phi) is 4.36. The minimum absolute atomic E-state index is 0.248. The number of aryl methyl sites for hydroxylation is 1. The van der Waals surface area contributed by atoms with E-state index in [1.54, 1.807) is 6.20 Å². The monoisotopic (exact) mass is 286 g/mol. The van der Waals surface area contributed by atoms with Crippen LogP contribution in [0, 0.1) is 5.21 Å². The van der Waals surface area contributed by atoms with Crippen LogP contribution in [0.2, 0.25) is 0 Å². The number of aliphatic hydroxyl groups is 1. The summed E-state index contributed by atoms with van der Waals surface area (Å²) in [5, 5.41) is 23.5. The molecular formula is C17H22N2O2. The predicted molar refractivity (Wildman–Crippen MR) is 82.9 cm³/mol. The van der Waals surface area contributed by atoms with Gasteiger partial charge in [0.15, 0.2) is 11.9 Å². The first-order valence-electron chi connectivity index (χ1n) is 7.73. The molecule has 1 aliphatic heterocycles. The third-order valence-electron chi connectivity index (χ3n) is 4.45. The first-order valence-corrected chi connectivity index (χ1v) is 7.73. The van der Waals surface area contributed by atoms with Gasteiger partial charge in [0.1, 0.15) is 0 Å². The van der Waals surface area contributed by atoms with E-state index in [0.29, 0.717) is 6.04 Å². The Morgan fingerprint density at radius 2 is 2.10 bits per heavy atom. The van der Waals surface area contributed by atoms with E-state index in [2.05, 4.69) is 4.90 Å². The molecular weight excluding hydrogens is 264 g/mol. The van der Waals surface area contributed by atoms with E-state index >= 15 is 0 Å². The van der Waals surface area contributed by atoms with Crippen molar-refractivity contribution >= 4 is 10.8 Å². The molecule has 1 saturated heterocycles. The molecule has 21 heavy (non-hydrogen) atoms. The fourth-order valence-corrected chi connectivity index (χ4v) is 3.25. The van der Waals surface area contributed by atoms with Gasteiger partial charge in [-0.3, -0.25) is 4.90 Å². The number of aromatic nitrogens is 1. The van der Waals surface area contributed by atoms with Gasteiger partial charge >= 0.3 is 0 Å². The maximum atomic E-state index is 12.0. The molecule has 112 valence electrons. The van der Waals surface area contributed by atoms with Crippen molar-refractivity contribution in [1.82, 2.24) is 4.90 Å². The summed E-state index contributed by atoms with van der Waals surface area (Å²) in [5.41, 5.74) is 0.827. The number of rotatable bonds is 5. The minimum Gasteiger partial charge on any atom is -0.618 e. The van der Waals surface area contributed by atoms with Crippen LogP contribution in [0.4, 0.5) is 0 Å². The first-order chi connectivity index (χ1) is 10.3. The Morgan fingerprint density at radius 3 is 2.90 bits per heavy atom. The summed E-state index contributed by atoms with van der Waals surface area (Å²) in [6.45, 7) is 2.27. The zero-order valence-electron chi connectivity index (χ0n) is 12.2. The highest BCUT2D eigenvalue weighted by Crippen LogP contribution is 2.18. The topological polar surface area (TPSA) is 50.4 Å². The number of likely N-dealkylation sites (tertiary alicyclic amines) is 1. The van der Waals surface area contributed by atoms with Gasteiger partial charge in [-0.05, 0) is 43.8 Å². The number of aliphatic hydroxyl groups excluding tert-OH is 1. The van der Waals surface area contributed by atoms with Crippen molar-refractivity contribution in [3.05, 3.63) is 47.4 Å². The van der Waals surface area contributed by atoms with Gasteiger partial charge in [0.25, 0.3) is 0 Å². The summed E-state index contributed by atoms with van der Waals surface area (Å²) in [5.74, 6) is 0. The molecule has 1 aromatic carbocycles. The maximum absolute atomic E-state index is 12.0. The van der Waals surface area contributed by atoms with E-state index < -0.39 is 0 Å². The molecule has 1 unspecified atom stereocenters. The van der Waals surface area contributed by atoms with Crippen LogP contribution < -0.4 is 4.73 Å². The minimum atomic E-state index is 0.248. The lowest BCUT2D eigenvalue weighted by atomic mass is 10.1. The van der Waals surface area contributed by atoms with Gasteiger partial charge in [-0.25, -0.2) is 0 Å². The molecule has 1 aromatic heterocycles. The number of pyridine rings is 1.